The Balaban J connectivity index is 4.11. The second-order valence-electron chi connectivity index (χ2n) is 4.70. The van der Waals surface area contributed by atoms with Gasteiger partial charge in [0.2, 0.25) is 0 Å². The lowest BCUT2D eigenvalue weighted by Gasteiger charge is -2.27. The molecular weight excluding hydrogens is 140 g/mol. The normalized spacial score (nSPS) is 12.9. The molecule has 0 heterocycles. The molecule has 0 aromatic rings. The highest BCUT2D eigenvalue weighted by atomic mass is 16.2. The molecule has 0 radical (unpaired) electrons. The first-order valence-electron chi connectivity index (χ1n) is 3.77. The molecule has 0 aliphatic heterocycles. The van der Waals surface area contributed by atoms with E-state index >= 15 is 0 Å². The molecule has 1 amide bonds. The van der Waals surface area contributed by atoms with Gasteiger partial charge in [-0.15, -0.1) is 0 Å². The van der Waals surface area contributed by atoms with Gasteiger partial charge in [0, 0.05) is 5.41 Å². The number of carbonyl (C=O) groups is 1. The van der Waals surface area contributed by atoms with E-state index < -0.39 is 0 Å². The summed E-state index contributed by atoms with van der Waals surface area (Å²) in [6.45, 7) is 5.70. The molecule has 0 atom stereocenters. The topological polar surface area (TPSA) is 29.1 Å². The fraction of sp³-hybridized carbons (Fsp3) is 0.875. The van der Waals surface area contributed by atoms with Crippen LogP contribution >= 0.6 is 0 Å². The van der Waals surface area contributed by atoms with E-state index in [1.165, 1.54) is 0 Å². The summed E-state index contributed by atoms with van der Waals surface area (Å²) in [5, 5.41) is 0. The molecule has 0 aliphatic rings. The number of hydrogen-bond donors (Lipinski definition) is 1. The minimum absolute atomic E-state index is 0.0741. The minimum Gasteiger partial charge on any atom is -0.269 e. The monoisotopic (exact) mass is 159 g/mol. The summed E-state index contributed by atoms with van der Waals surface area (Å²) in [6.07, 6.45) is 0. The standard InChI is InChI=1S/C8H18N2O/c1-8(2,3)7(11)9-10(4,5)6/h1-6H3/p+1. The van der Waals surface area contributed by atoms with Gasteiger partial charge in [-0.25, -0.2) is 10.0 Å². The van der Waals surface area contributed by atoms with Crippen LogP contribution in [0.1, 0.15) is 20.8 Å². The molecule has 0 fully saturated rings. The van der Waals surface area contributed by atoms with Gasteiger partial charge in [0.1, 0.15) is 0 Å². The molecule has 0 saturated carbocycles. The van der Waals surface area contributed by atoms with E-state index in [1.54, 1.807) is 0 Å². The first kappa shape index (κ1) is 10.4. The smallest absolute Gasteiger partial charge is 0.269 e. The highest BCUT2D eigenvalue weighted by molar-refractivity contribution is 5.80. The highest BCUT2D eigenvalue weighted by Gasteiger charge is 2.25. The van der Waals surface area contributed by atoms with E-state index in [1.807, 2.05) is 41.9 Å². The van der Waals surface area contributed by atoms with Crippen LogP contribution in [-0.4, -0.2) is 31.6 Å². The molecule has 0 spiro atoms. The summed E-state index contributed by atoms with van der Waals surface area (Å²) in [4.78, 5) is 11.4. The molecule has 1 N–H and O–H groups in total. The van der Waals surface area contributed by atoms with E-state index in [9.17, 15) is 4.79 Å². The van der Waals surface area contributed by atoms with Gasteiger partial charge in [-0.3, -0.25) is 4.79 Å². The van der Waals surface area contributed by atoms with Crippen molar-refractivity contribution < 1.29 is 9.39 Å². The Hall–Kier alpha value is -0.570. The van der Waals surface area contributed by atoms with E-state index in [-0.39, 0.29) is 11.3 Å². The Kier molecular flexibility index (Phi) is 2.67. The number of quaternary nitrogens is 1. The molecule has 3 nitrogen and oxygen atoms in total. The largest absolute Gasteiger partial charge is 0.270 e. The Morgan fingerprint density at radius 2 is 1.55 bits per heavy atom. The SMILES string of the molecule is CC(C)(C)C(=O)N[N+](C)(C)C. The summed E-state index contributed by atoms with van der Waals surface area (Å²) in [5.41, 5.74) is 2.56. The van der Waals surface area contributed by atoms with Crippen molar-refractivity contribution in [2.45, 2.75) is 20.8 Å². The van der Waals surface area contributed by atoms with E-state index in [0.29, 0.717) is 4.59 Å². The van der Waals surface area contributed by atoms with Crippen LogP contribution in [0.15, 0.2) is 0 Å². The van der Waals surface area contributed by atoms with Crippen molar-refractivity contribution >= 4 is 5.91 Å². The molecule has 0 bridgehead atoms. The fourth-order valence-corrected chi connectivity index (χ4v) is 0.472. The molecule has 0 rings (SSSR count). The van der Waals surface area contributed by atoms with Gasteiger partial charge in [0.25, 0.3) is 5.91 Å². The maximum absolute atomic E-state index is 11.4. The van der Waals surface area contributed by atoms with Gasteiger partial charge >= 0.3 is 0 Å². The van der Waals surface area contributed by atoms with Gasteiger partial charge in [-0.2, -0.15) is 0 Å². The zero-order valence-electron chi connectivity index (χ0n) is 8.36. The number of nitrogens with one attached hydrogen (secondary N) is 1. The van der Waals surface area contributed by atoms with Crippen LogP contribution in [0.4, 0.5) is 0 Å². The molecular formula is C8H19N2O+. The first-order valence-corrected chi connectivity index (χ1v) is 3.77. The fourth-order valence-electron chi connectivity index (χ4n) is 0.472. The minimum atomic E-state index is -0.300. The highest BCUT2D eigenvalue weighted by Crippen LogP contribution is 2.12. The maximum atomic E-state index is 11.4. The van der Waals surface area contributed by atoms with E-state index in [2.05, 4.69) is 5.43 Å². The van der Waals surface area contributed by atoms with Gasteiger partial charge < -0.3 is 0 Å². The van der Waals surface area contributed by atoms with E-state index in [4.69, 9.17) is 0 Å². The molecule has 0 unspecified atom stereocenters. The summed E-state index contributed by atoms with van der Waals surface area (Å²) < 4.78 is 0.468. The molecule has 0 aromatic heterocycles. The Morgan fingerprint density at radius 1 is 1.18 bits per heavy atom. The first-order chi connectivity index (χ1) is 4.63. The Labute approximate surface area is 68.9 Å². The van der Waals surface area contributed by atoms with Crippen molar-refractivity contribution in [2.24, 2.45) is 5.41 Å². The van der Waals surface area contributed by atoms with Crippen molar-refractivity contribution in [3.8, 4) is 0 Å². The summed E-state index contributed by atoms with van der Waals surface area (Å²) in [5.74, 6) is 0.0741. The molecule has 0 aliphatic carbocycles. The molecule has 0 aromatic carbocycles. The average molecular weight is 159 g/mol. The lowest BCUT2D eigenvalue weighted by molar-refractivity contribution is -0.906. The summed E-state index contributed by atoms with van der Waals surface area (Å²) in [7, 11) is 5.76. The Morgan fingerprint density at radius 3 is 1.64 bits per heavy atom. The average Bonchev–Trinajstić information content (AvgIpc) is 1.56. The van der Waals surface area contributed by atoms with Crippen LogP contribution in [0.2, 0.25) is 0 Å². The van der Waals surface area contributed by atoms with E-state index in [0.717, 1.165) is 0 Å². The van der Waals surface area contributed by atoms with Gasteiger partial charge in [0.15, 0.2) is 0 Å². The van der Waals surface area contributed by atoms with Crippen molar-refractivity contribution in [2.75, 3.05) is 21.1 Å². The summed E-state index contributed by atoms with van der Waals surface area (Å²) >= 11 is 0. The van der Waals surface area contributed by atoms with Crippen molar-refractivity contribution in [1.82, 2.24) is 5.43 Å². The predicted octanol–water partition coefficient (Wildman–Crippen LogP) is 0.770. The van der Waals surface area contributed by atoms with Crippen molar-refractivity contribution in [1.29, 1.82) is 0 Å². The van der Waals surface area contributed by atoms with Gasteiger partial charge in [-0.1, -0.05) is 20.8 Å². The van der Waals surface area contributed by atoms with Crippen LogP contribution in [-0.2, 0) is 4.79 Å². The zero-order chi connectivity index (χ0) is 9.28. The molecule has 3 heteroatoms. The number of hydrogen-bond acceptors (Lipinski definition) is 1. The number of amides is 1. The lowest BCUT2D eigenvalue weighted by atomic mass is 9.96. The van der Waals surface area contributed by atoms with Crippen LogP contribution < -0.4 is 5.43 Å². The zero-order valence-corrected chi connectivity index (χ0v) is 8.36. The number of rotatable bonds is 1. The second-order valence-corrected chi connectivity index (χ2v) is 4.70. The van der Waals surface area contributed by atoms with Gasteiger partial charge in [0.05, 0.1) is 21.1 Å². The van der Waals surface area contributed by atoms with Crippen LogP contribution in [0, 0.1) is 5.41 Å². The van der Waals surface area contributed by atoms with Crippen LogP contribution in [0.5, 0.6) is 0 Å². The Bertz CT molecular complexity index is 150. The van der Waals surface area contributed by atoms with Crippen molar-refractivity contribution in [3.05, 3.63) is 0 Å². The molecule has 0 saturated heterocycles. The van der Waals surface area contributed by atoms with Crippen LogP contribution in [0.3, 0.4) is 0 Å². The summed E-state index contributed by atoms with van der Waals surface area (Å²) in [6, 6.07) is 0. The van der Waals surface area contributed by atoms with Crippen molar-refractivity contribution in [3.63, 3.8) is 0 Å². The quantitative estimate of drug-likeness (QED) is 0.444. The molecule has 66 valence electrons. The lowest BCUT2D eigenvalue weighted by Crippen LogP contribution is -2.54. The number of nitrogens with zero attached hydrogens (tertiary/aromatic N) is 1. The third-order valence-corrected chi connectivity index (χ3v) is 1.12. The third-order valence-electron chi connectivity index (χ3n) is 1.12. The maximum Gasteiger partial charge on any atom is 0.270 e. The van der Waals surface area contributed by atoms with Gasteiger partial charge in [-0.05, 0) is 0 Å². The third kappa shape index (κ3) is 4.79. The second kappa shape index (κ2) is 2.81. The van der Waals surface area contributed by atoms with Crippen LogP contribution in [0.25, 0.3) is 0 Å². The number of carbonyl (C=O) groups excluding carboxylic acids is 1. The predicted molar refractivity (Wildman–Crippen MR) is 45.6 cm³/mol. The molecule has 11 heavy (non-hydrogen) atoms.